The van der Waals surface area contributed by atoms with Crippen molar-refractivity contribution in [3.8, 4) is 5.75 Å². The molecule has 0 fully saturated rings. The van der Waals surface area contributed by atoms with Crippen LogP contribution in [0.5, 0.6) is 5.75 Å². The van der Waals surface area contributed by atoms with E-state index in [-0.39, 0.29) is 10.6 Å². The van der Waals surface area contributed by atoms with E-state index in [0.29, 0.717) is 6.07 Å². The SMILES string of the molecule is CCS(=O)(=O)c1cccnc1C(=O)Nc1cc(S(=O)C(F)(F)F)ccc1O. The third kappa shape index (κ3) is 4.63. The molecule has 1 amide bonds. The van der Waals surface area contributed by atoms with Crippen molar-refractivity contribution in [1.82, 2.24) is 4.98 Å². The molecule has 1 aromatic heterocycles. The summed E-state index contributed by atoms with van der Waals surface area (Å²) in [6, 6.07) is 4.78. The van der Waals surface area contributed by atoms with E-state index in [4.69, 9.17) is 0 Å². The van der Waals surface area contributed by atoms with E-state index >= 15 is 0 Å². The molecule has 1 aromatic carbocycles. The van der Waals surface area contributed by atoms with E-state index in [1.807, 2.05) is 0 Å². The third-order valence-electron chi connectivity index (χ3n) is 3.34. The molecule has 146 valence electrons. The molecule has 0 saturated carbocycles. The molecular weight excluding hydrogens is 409 g/mol. The number of benzene rings is 1. The van der Waals surface area contributed by atoms with Gasteiger partial charge in [0.15, 0.2) is 20.6 Å². The Hall–Kier alpha value is -2.47. The fourth-order valence-electron chi connectivity index (χ4n) is 2.01. The smallest absolute Gasteiger partial charge is 0.475 e. The minimum absolute atomic E-state index is 0.301. The minimum Gasteiger partial charge on any atom is -0.506 e. The second-order valence-corrected chi connectivity index (χ2v) is 8.82. The molecule has 12 heteroatoms. The first-order chi connectivity index (χ1) is 12.5. The van der Waals surface area contributed by atoms with Crippen LogP contribution in [0.25, 0.3) is 0 Å². The summed E-state index contributed by atoms with van der Waals surface area (Å²) in [5, 5.41) is 11.8. The van der Waals surface area contributed by atoms with Gasteiger partial charge in [-0.15, -0.1) is 0 Å². The number of hydrogen-bond acceptors (Lipinski definition) is 6. The lowest BCUT2D eigenvalue weighted by Crippen LogP contribution is -2.20. The van der Waals surface area contributed by atoms with Crippen LogP contribution in [0.3, 0.4) is 0 Å². The molecule has 2 N–H and O–H groups in total. The van der Waals surface area contributed by atoms with Crippen molar-refractivity contribution in [2.24, 2.45) is 0 Å². The number of amides is 1. The van der Waals surface area contributed by atoms with Gasteiger partial charge in [-0.1, -0.05) is 6.92 Å². The van der Waals surface area contributed by atoms with Crippen LogP contribution in [-0.4, -0.2) is 39.9 Å². The number of phenolic OH excluding ortho intramolecular Hbond substituents is 1. The van der Waals surface area contributed by atoms with Crippen molar-refractivity contribution in [3.63, 3.8) is 0 Å². The number of hydrogen-bond donors (Lipinski definition) is 2. The molecule has 7 nitrogen and oxygen atoms in total. The summed E-state index contributed by atoms with van der Waals surface area (Å²) in [4.78, 5) is 15.0. The fourth-order valence-corrected chi connectivity index (χ4v) is 3.73. The number of aromatic hydroxyl groups is 1. The lowest BCUT2D eigenvalue weighted by atomic mass is 10.2. The Morgan fingerprint density at radius 1 is 1.30 bits per heavy atom. The van der Waals surface area contributed by atoms with Gasteiger partial charge in [0.25, 0.3) is 5.91 Å². The van der Waals surface area contributed by atoms with Crippen molar-refractivity contribution < 1.29 is 35.7 Å². The van der Waals surface area contributed by atoms with Gasteiger partial charge in [0.05, 0.1) is 21.2 Å². The molecule has 1 unspecified atom stereocenters. The molecule has 1 atom stereocenters. The van der Waals surface area contributed by atoms with Crippen molar-refractivity contribution in [2.45, 2.75) is 22.2 Å². The van der Waals surface area contributed by atoms with E-state index < -0.39 is 54.1 Å². The van der Waals surface area contributed by atoms with Gasteiger partial charge < -0.3 is 10.4 Å². The van der Waals surface area contributed by atoms with E-state index in [1.165, 1.54) is 19.2 Å². The number of halogens is 3. The number of aromatic nitrogens is 1. The van der Waals surface area contributed by atoms with Gasteiger partial charge in [-0.2, -0.15) is 13.2 Å². The first-order valence-electron chi connectivity index (χ1n) is 7.28. The second kappa shape index (κ2) is 7.64. The highest BCUT2D eigenvalue weighted by Gasteiger charge is 2.38. The zero-order valence-electron chi connectivity index (χ0n) is 13.6. The standard InChI is InChI=1S/C15H13F3N2O5S2/c1-2-27(24,25)12-4-3-7-19-13(12)14(22)20-10-8-9(5-6-11(10)21)26(23)15(16,17)18/h3-8,21H,2H2,1H3,(H,20,22). The molecule has 0 radical (unpaired) electrons. The number of alkyl halides is 3. The average molecular weight is 422 g/mol. The molecule has 0 saturated heterocycles. The van der Waals surface area contributed by atoms with Crippen LogP contribution in [0.15, 0.2) is 46.3 Å². The Kier molecular flexibility index (Phi) is 5.90. The molecule has 0 bridgehead atoms. The Morgan fingerprint density at radius 2 is 1.96 bits per heavy atom. The summed E-state index contributed by atoms with van der Waals surface area (Å²) < 4.78 is 73.3. The molecule has 2 aromatic rings. The van der Waals surface area contributed by atoms with E-state index in [0.717, 1.165) is 18.2 Å². The molecule has 27 heavy (non-hydrogen) atoms. The monoisotopic (exact) mass is 422 g/mol. The van der Waals surface area contributed by atoms with Crippen molar-refractivity contribution in [1.29, 1.82) is 0 Å². The van der Waals surface area contributed by atoms with E-state index in [9.17, 15) is 35.7 Å². The van der Waals surface area contributed by atoms with Crippen LogP contribution in [0, 0.1) is 0 Å². The molecule has 0 aliphatic carbocycles. The summed E-state index contributed by atoms with van der Waals surface area (Å²) in [7, 11) is -7.17. The Balaban J connectivity index is 2.42. The fraction of sp³-hybridized carbons (Fsp3) is 0.200. The summed E-state index contributed by atoms with van der Waals surface area (Å²) in [6.45, 7) is 1.37. The molecule has 0 aliphatic rings. The zero-order valence-corrected chi connectivity index (χ0v) is 15.3. The maximum absolute atomic E-state index is 12.6. The Labute approximate surface area is 154 Å². The van der Waals surface area contributed by atoms with Crippen molar-refractivity contribution in [3.05, 3.63) is 42.2 Å². The minimum atomic E-state index is -5.03. The summed E-state index contributed by atoms with van der Waals surface area (Å²) >= 11 is 0. The topological polar surface area (TPSA) is 113 Å². The van der Waals surface area contributed by atoms with Crippen LogP contribution < -0.4 is 5.32 Å². The number of pyridine rings is 1. The number of rotatable bonds is 5. The molecule has 1 heterocycles. The normalized spacial score (nSPS) is 13.2. The number of nitrogens with zero attached hydrogens (tertiary/aromatic N) is 1. The van der Waals surface area contributed by atoms with Gasteiger partial charge in [-0.05, 0) is 30.3 Å². The number of sulfone groups is 1. The van der Waals surface area contributed by atoms with Crippen LogP contribution >= 0.6 is 0 Å². The first-order valence-corrected chi connectivity index (χ1v) is 10.1. The first kappa shape index (κ1) is 20.8. The summed E-state index contributed by atoms with van der Waals surface area (Å²) in [5.74, 6) is -1.96. The lowest BCUT2D eigenvalue weighted by Gasteiger charge is -2.12. The number of phenols is 1. The third-order valence-corrected chi connectivity index (χ3v) is 6.20. The van der Waals surface area contributed by atoms with Crippen LogP contribution in [0.2, 0.25) is 0 Å². The van der Waals surface area contributed by atoms with Crippen LogP contribution in [0.1, 0.15) is 17.4 Å². The average Bonchev–Trinajstić information content (AvgIpc) is 2.62. The van der Waals surface area contributed by atoms with Crippen LogP contribution in [-0.2, 0) is 20.6 Å². The largest absolute Gasteiger partial charge is 0.506 e. The van der Waals surface area contributed by atoms with E-state index in [2.05, 4.69) is 10.3 Å². The van der Waals surface area contributed by atoms with Gasteiger partial charge in [-0.25, -0.2) is 17.6 Å². The summed E-state index contributed by atoms with van der Waals surface area (Å²) in [6.07, 6.45) is 1.17. The highest BCUT2D eigenvalue weighted by molar-refractivity contribution is 7.91. The highest BCUT2D eigenvalue weighted by atomic mass is 32.2. The van der Waals surface area contributed by atoms with Gasteiger partial charge in [0.1, 0.15) is 11.4 Å². The molecule has 2 rings (SSSR count). The van der Waals surface area contributed by atoms with Crippen molar-refractivity contribution >= 4 is 32.2 Å². The Bertz CT molecular complexity index is 1010. The molecule has 0 aliphatic heterocycles. The lowest BCUT2D eigenvalue weighted by molar-refractivity contribution is -0.0384. The quantitative estimate of drug-likeness (QED) is 0.716. The van der Waals surface area contributed by atoms with Gasteiger partial charge >= 0.3 is 5.51 Å². The molecular formula is C15H13F3N2O5S2. The maximum Gasteiger partial charge on any atom is 0.475 e. The molecule has 0 spiro atoms. The Morgan fingerprint density at radius 3 is 2.56 bits per heavy atom. The summed E-state index contributed by atoms with van der Waals surface area (Å²) in [5.41, 5.74) is -5.98. The van der Waals surface area contributed by atoms with Gasteiger partial charge in [0, 0.05) is 6.20 Å². The van der Waals surface area contributed by atoms with Gasteiger partial charge in [0.2, 0.25) is 0 Å². The number of nitrogens with one attached hydrogen (secondary N) is 1. The number of carbonyl (C=O) groups is 1. The second-order valence-electron chi connectivity index (χ2n) is 5.10. The maximum atomic E-state index is 12.6. The number of anilines is 1. The van der Waals surface area contributed by atoms with E-state index in [1.54, 1.807) is 0 Å². The predicted octanol–water partition coefficient (Wildman–Crippen LogP) is 2.46. The number of carbonyl (C=O) groups excluding carboxylic acids is 1. The van der Waals surface area contributed by atoms with Crippen molar-refractivity contribution in [2.75, 3.05) is 11.1 Å². The zero-order chi connectivity index (χ0) is 20.4. The van der Waals surface area contributed by atoms with Crippen LogP contribution in [0.4, 0.5) is 18.9 Å². The predicted molar refractivity (Wildman–Crippen MR) is 90.5 cm³/mol. The van der Waals surface area contributed by atoms with Gasteiger partial charge in [-0.3, -0.25) is 4.79 Å². The highest BCUT2D eigenvalue weighted by Crippen LogP contribution is 2.32.